The molecule has 0 saturated carbocycles. The Morgan fingerprint density at radius 1 is 1.39 bits per heavy atom. The fourth-order valence-corrected chi connectivity index (χ4v) is 1.57. The lowest BCUT2D eigenvalue weighted by molar-refractivity contribution is 0.321. The molecule has 0 aliphatic rings. The van der Waals surface area contributed by atoms with Crippen molar-refractivity contribution in [3.63, 3.8) is 0 Å². The van der Waals surface area contributed by atoms with Gasteiger partial charge in [-0.05, 0) is 25.1 Å². The van der Waals surface area contributed by atoms with Crippen molar-refractivity contribution in [3.05, 3.63) is 30.3 Å². The third-order valence-electron chi connectivity index (χ3n) is 2.36. The van der Waals surface area contributed by atoms with Gasteiger partial charge in [-0.15, -0.1) is 10.2 Å². The molecule has 1 aromatic carbocycles. The Bertz CT molecular complexity index is 547. The first kappa shape index (κ1) is 12.2. The number of hydrogen-bond donors (Lipinski definition) is 1. The first-order chi connectivity index (χ1) is 8.76. The lowest BCUT2D eigenvalue weighted by atomic mass is 10.1. The van der Waals surface area contributed by atoms with Crippen LogP contribution in [0.25, 0.3) is 11.3 Å². The van der Waals surface area contributed by atoms with E-state index in [-0.39, 0.29) is 5.75 Å². The van der Waals surface area contributed by atoms with E-state index in [1.54, 1.807) is 26.1 Å². The Kier molecular flexibility index (Phi) is 3.66. The van der Waals surface area contributed by atoms with Gasteiger partial charge < -0.3 is 10.1 Å². The second-order valence-electron chi connectivity index (χ2n) is 3.49. The standard InChI is InChI=1S/C12H13FN4O/c1-3-18-10-5-4-8(6-9(10)13)11-12(14-2)15-7-16-17-11/h4-7H,3H2,1-2H3,(H,14,15,16). The molecule has 0 fully saturated rings. The molecule has 94 valence electrons. The van der Waals surface area contributed by atoms with E-state index in [4.69, 9.17) is 4.74 Å². The molecule has 18 heavy (non-hydrogen) atoms. The van der Waals surface area contributed by atoms with Gasteiger partial charge >= 0.3 is 0 Å². The van der Waals surface area contributed by atoms with Crippen LogP contribution >= 0.6 is 0 Å². The molecule has 5 nitrogen and oxygen atoms in total. The zero-order valence-corrected chi connectivity index (χ0v) is 10.1. The van der Waals surface area contributed by atoms with Crippen LogP contribution in [-0.2, 0) is 0 Å². The van der Waals surface area contributed by atoms with Crippen LogP contribution < -0.4 is 10.1 Å². The topological polar surface area (TPSA) is 59.9 Å². The molecular weight excluding hydrogens is 235 g/mol. The molecule has 0 amide bonds. The maximum absolute atomic E-state index is 13.7. The van der Waals surface area contributed by atoms with Gasteiger partial charge in [-0.1, -0.05) is 0 Å². The quantitative estimate of drug-likeness (QED) is 0.898. The van der Waals surface area contributed by atoms with Crippen LogP contribution in [0.3, 0.4) is 0 Å². The highest BCUT2D eigenvalue weighted by Gasteiger charge is 2.11. The third kappa shape index (κ3) is 2.37. The summed E-state index contributed by atoms with van der Waals surface area (Å²) in [5.41, 5.74) is 1.10. The van der Waals surface area contributed by atoms with Crippen molar-refractivity contribution in [3.8, 4) is 17.0 Å². The summed E-state index contributed by atoms with van der Waals surface area (Å²) >= 11 is 0. The van der Waals surface area contributed by atoms with E-state index >= 15 is 0 Å². The molecule has 0 bridgehead atoms. The normalized spacial score (nSPS) is 10.2. The van der Waals surface area contributed by atoms with E-state index < -0.39 is 5.82 Å². The summed E-state index contributed by atoms with van der Waals surface area (Å²) in [4.78, 5) is 4.02. The van der Waals surface area contributed by atoms with Crippen LogP contribution in [0.2, 0.25) is 0 Å². The average molecular weight is 248 g/mol. The van der Waals surface area contributed by atoms with Crippen LogP contribution in [0.4, 0.5) is 10.2 Å². The van der Waals surface area contributed by atoms with Gasteiger partial charge in [-0.3, -0.25) is 0 Å². The molecule has 6 heteroatoms. The van der Waals surface area contributed by atoms with Crippen LogP contribution in [0.15, 0.2) is 24.5 Å². The van der Waals surface area contributed by atoms with Crippen molar-refractivity contribution >= 4 is 5.82 Å². The highest BCUT2D eigenvalue weighted by atomic mass is 19.1. The molecular formula is C12H13FN4O. The van der Waals surface area contributed by atoms with E-state index in [1.807, 2.05) is 0 Å². The largest absolute Gasteiger partial charge is 0.491 e. The van der Waals surface area contributed by atoms with E-state index in [0.29, 0.717) is 23.7 Å². The zero-order chi connectivity index (χ0) is 13.0. The van der Waals surface area contributed by atoms with Gasteiger partial charge in [0.05, 0.1) is 6.61 Å². The number of benzene rings is 1. The Labute approximate surface area is 104 Å². The molecule has 0 atom stereocenters. The minimum atomic E-state index is -0.429. The second-order valence-corrected chi connectivity index (χ2v) is 3.49. The second kappa shape index (κ2) is 5.39. The first-order valence-electron chi connectivity index (χ1n) is 5.54. The predicted molar refractivity (Wildman–Crippen MR) is 65.9 cm³/mol. The number of anilines is 1. The van der Waals surface area contributed by atoms with Crippen molar-refractivity contribution in [2.75, 3.05) is 19.0 Å². The first-order valence-corrected chi connectivity index (χ1v) is 5.54. The third-order valence-corrected chi connectivity index (χ3v) is 2.36. The molecule has 1 heterocycles. The van der Waals surface area contributed by atoms with Gasteiger partial charge in [0.2, 0.25) is 0 Å². The molecule has 2 rings (SSSR count). The van der Waals surface area contributed by atoms with E-state index in [2.05, 4.69) is 20.5 Å². The number of aromatic nitrogens is 3. The summed E-state index contributed by atoms with van der Waals surface area (Å²) in [7, 11) is 1.72. The van der Waals surface area contributed by atoms with Crippen LogP contribution in [0.1, 0.15) is 6.92 Å². The smallest absolute Gasteiger partial charge is 0.165 e. The lowest BCUT2D eigenvalue weighted by Crippen LogP contribution is -2.00. The fourth-order valence-electron chi connectivity index (χ4n) is 1.57. The number of halogens is 1. The zero-order valence-electron chi connectivity index (χ0n) is 10.1. The Hall–Kier alpha value is -2.24. The summed E-state index contributed by atoms with van der Waals surface area (Å²) in [5.74, 6) is 0.347. The van der Waals surface area contributed by atoms with Gasteiger partial charge in [0.15, 0.2) is 17.4 Å². The molecule has 0 spiro atoms. The minimum Gasteiger partial charge on any atom is -0.491 e. The van der Waals surface area contributed by atoms with E-state index in [9.17, 15) is 4.39 Å². The summed E-state index contributed by atoms with van der Waals surface area (Å²) in [5, 5.41) is 10.5. The van der Waals surface area contributed by atoms with Crippen molar-refractivity contribution in [1.82, 2.24) is 15.2 Å². The van der Waals surface area contributed by atoms with Gasteiger partial charge in [0.1, 0.15) is 12.0 Å². The Morgan fingerprint density at radius 3 is 2.89 bits per heavy atom. The summed E-state index contributed by atoms with van der Waals surface area (Å²) in [6.45, 7) is 2.23. The predicted octanol–water partition coefficient (Wildman–Crippen LogP) is 2.12. The molecule has 0 saturated heterocycles. The molecule has 0 unspecified atom stereocenters. The molecule has 2 aromatic rings. The monoisotopic (exact) mass is 248 g/mol. The fraction of sp³-hybridized carbons (Fsp3) is 0.250. The molecule has 0 aliphatic heterocycles. The van der Waals surface area contributed by atoms with Crippen LogP contribution in [-0.4, -0.2) is 28.8 Å². The van der Waals surface area contributed by atoms with Crippen molar-refractivity contribution in [1.29, 1.82) is 0 Å². The number of rotatable bonds is 4. The highest BCUT2D eigenvalue weighted by Crippen LogP contribution is 2.27. The SMILES string of the molecule is CCOc1ccc(-c2nncnc2NC)cc1F. The van der Waals surface area contributed by atoms with E-state index in [1.165, 1.54) is 12.4 Å². The number of ether oxygens (including phenoxy) is 1. The number of hydrogen-bond acceptors (Lipinski definition) is 5. The summed E-state index contributed by atoms with van der Waals surface area (Å²) in [6, 6.07) is 4.65. The maximum atomic E-state index is 13.7. The Morgan fingerprint density at radius 2 is 2.22 bits per heavy atom. The highest BCUT2D eigenvalue weighted by molar-refractivity contribution is 5.71. The van der Waals surface area contributed by atoms with Gasteiger partial charge in [-0.2, -0.15) is 0 Å². The van der Waals surface area contributed by atoms with Crippen molar-refractivity contribution in [2.24, 2.45) is 0 Å². The summed E-state index contributed by atoms with van der Waals surface area (Å²) < 4.78 is 18.9. The van der Waals surface area contributed by atoms with Gasteiger partial charge in [0.25, 0.3) is 0 Å². The minimum absolute atomic E-state index is 0.226. The molecule has 1 aromatic heterocycles. The Balaban J connectivity index is 2.42. The average Bonchev–Trinajstić information content (AvgIpc) is 2.41. The lowest BCUT2D eigenvalue weighted by Gasteiger charge is -2.08. The van der Waals surface area contributed by atoms with Crippen LogP contribution in [0.5, 0.6) is 5.75 Å². The maximum Gasteiger partial charge on any atom is 0.165 e. The van der Waals surface area contributed by atoms with Gasteiger partial charge in [0, 0.05) is 12.6 Å². The molecule has 0 aliphatic carbocycles. The van der Waals surface area contributed by atoms with Crippen molar-refractivity contribution in [2.45, 2.75) is 6.92 Å². The number of nitrogens with one attached hydrogen (secondary N) is 1. The van der Waals surface area contributed by atoms with E-state index in [0.717, 1.165) is 0 Å². The van der Waals surface area contributed by atoms with Crippen LogP contribution in [0, 0.1) is 5.82 Å². The molecule has 1 N–H and O–H groups in total. The van der Waals surface area contributed by atoms with Gasteiger partial charge in [-0.25, -0.2) is 9.37 Å². The summed E-state index contributed by atoms with van der Waals surface area (Å²) in [6.07, 6.45) is 1.33. The number of nitrogens with zero attached hydrogens (tertiary/aromatic N) is 3. The van der Waals surface area contributed by atoms with Crippen molar-refractivity contribution < 1.29 is 9.13 Å². The molecule has 0 radical (unpaired) electrons.